The zero-order chi connectivity index (χ0) is 20.2. The van der Waals surface area contributed by atoms with E-state index in [1.165, 1.54) is 0 Å². The quantitative estimate of drug-likeness (QED) is 0.488. The molecule has 6 rings (SSSR count). The van der Waals surface area contributed by atoms with Gasteiger partial charge in [-0.3, -0.25) is 0 Å². The van der Waals surface area contributed by atoms with E-state index in [-0.39, 0.29) is 13.1 Å². The second-order valence-corrected chi connectivity index (χ2v) is 7.70. The van der Waals surface area contributed by atoms with E-state index in [0.29, 0.717) is 5.71 Å². The van der Waals surface area contributed by atoms with E-state index in [1.54, 1.807) is 6.20 Å². The van der Waals surface area contributed by atoms with Crippen LogP contribution in [0.1, 0.15) is 6.92 Å². The van der Waals surface area contributed by atoms with E-state index < -0.39 is 0 Å². The Morgan fingerprint density at radius 2 is 1.77 bits per heavy atom. The maximum absolute atomic E-state index is 6.08. The number of furan rings is 1. The number of para-hydroxylation sites is 1. The molecule has 2 aliphatic heterocycles. The van der Waals surface area contributed by atoms with Crippen LogP contribution in [0.2, 0.25) is 0 Å². The van der Waals surface area contributed by atoms with Gasteiger partial charge in [0, 0.05) is 34.9 Å². The Morgan fingerprint density at radius 1 is 0.967 bits per heavy atom. The summed E-state index contributed by atoms with van der Waals surface area (Å²) in [5.41, 5.74) is 3.78. The molecule has 0 N–H and O–H groups in total. The highest BCUT2D eigenvalue weighted by molar-refractivity contribution is 6.75. The lowest BCUT2D eigenvalue weighted by Gasteiger charge is -2.36. The van der Waals surface area contributed by atoms with Crippen LogP contribution in [0.15, 0.2) is 71.4 Å². The molecule has 0 fully saturated rings. The number of nitrogens with zero attached hydrogens (tertiary/aromatic N) is 5. The zero-order valence-electron chi connectivity index (χ0n) is 16.8. The molecule has 0 radical (unpaired) electrons. The number of benzene rings is 1. The van der Waals surface area contributed by atoms with Gasteiger partial charge in [-0.15, -0.1) is 0 Å². The van der Waals surface area contributed by atoms with Crippen LogP contribution in [0.4, 0.5) is 17.2 Å². The number of hydrogen-bond donors (Lipinski definition) is 0. The van der Waals surface area contributed by atoms with Gasteiger partial charge in [-0.25, -0.2) is 9.97 Å². The lowest BCUT2D eigenvalue weighted by Crippen LogP contribution is -2.56. The first kappa shape index (κ1) is 17.2. The van der Waals surface area contributed by atoms with E-state index in [2.05, 4.69) is 82.1 Å². The van der Waals surface area contributed by atoms with Crippen molar-refractivity contribution in [3.63, 3.8) is 0 Å². The predicted octanol–water partition coefficient (Wildman–Crippen LogP) is 2.72. The van der Waals surface area contributed by atoms with Crippen LogP contribution in [0.3, 0.4) is 0 Å². The zero-order valence-corrected chi connectivity index (χ0v) is 16.8. The number of fused-ring (bicyclic) bond motifs is 4. The standard InChI is InChI=1S/C23H20BN5O/c1-16-28(17-8-4-3-5-9-17)20-11-7-12-25-22(20)29(16)24-14-21-19(15-27(24)2)18-10-6-13-26-23(18)30-21/h3-16H,1-2H3/t16-/m0/s1. The fourth-order valence-electron chi connectivity index (χ4n) is 4.60. The molecule has 0 spiro atoms. The van der Waals surface area contributed by atoms with Gasteiger partial charge < -0.3 is 18.9 Å². The molecule has 0 bridgehead atoms. The van der Waals surface area contributed by atoms with Gasteiger partial charge in [0.1, 0.15) is 11.2 Å². The molecule has 1 atom stereocenters. The summed E-state index contributed by atoms with van der Waals surface area (Å²) in [6.07, 6.45) is 5.85. The molecule has 0 saturated carbocycles. The van der Waals surface area contributed by atoms with Gasteiger partial charge in [0.25, 0.3) is 0 Å². The topological polar surface area (TPSA) is 48.6 Å². The van der Waals surface area contributed by atoms with E-state index >= 15 is 0 Å². The number of pyridine rings is 2. The molecule has 0 amide bonds. The molecule has 146 valence electrons. The molecule has 5 heterocycles. The summed E-state index contributed by atoms with van der Waals surface area (Å²) in [6, 6.07) is 18.6. The van der Waals surface area contributed by atoms with Crippen LogP contribution < -0.4 is 20.3 Å². The summed E-state index contributed by atoms with van der Waals surface area (Å²) in [5, 5.41) is 2.11. The Bertz CT molecular complexity index is 1370. The van der Waals surface area contributed by atoms with Gasteiger partial charge in [-0.2, -0.15) is 0 Å². The van der Waals surface area contributed by atoms with E-state index in [4.69, 9.17) is 9.40 Å². The summed E-state index contributed by atoms with van der Waals surface area (Å²) in [4.78, 5) is 16.0. The van der Waals surface area contributed by atoms with E-state index in [0.717, 1.165) is 33.2 Å². The Labute approximate surface area is 174 Å². The molecule has 30 heavy (non-hydrogen) atoms. The minimum Gasteiger partial charge on any atom is -0.439 e. The smallest absolute Gasteiger partial charge is 0.409 e. The van der Waals surface area contributed by atoms with Crippen molar-refractivity contribution in [2.75, 3.05) is 16.8 Å². The van der Waals surface area contributed by atoms with Crippen LogP contribution in [0.5, 0.6) is 0 Å². The number of anilines is 3. The van der Waals surface area contributed by atoms with Crippen LogP contribution >= 0.6 is 0 Å². The fraction of sp³-hybridized carbons (Fsp3) is 0.130. The van der Waals surface area contributed by atoms with Crippen molar-refractivity contribution < 1.29 is 4.42 Å². The first-order valence-corrected chi connectivity index (χ1v) is 10.1. The van der Waals surface area contributed by atoms with Crippen molar-refractivity contribution in [2.45, 2.75) is 13.1 Å². The van der Waals surface area contributed by atoms with Gasteiger partial charge in [0.15, 0.2) is 0 Å². The molecular formula is C23H20BN5O. The average Bonchev–Trinajstić information content (AvgIpc) is 3.28. The van der Waals surface area contributed by atoms with Crippen LogP contribution in [-0.4, -0.2) is 35.0 Å². The number of rotatable bonds is 2. The normalized spacial score (nSPS) is 17.6. The van der Waals surface area contributed by atoms with E-state index in [1.807, 2.05) is 24.4 Å². The Kier molecular flexibility index (Phi) is 3.65. The Balaban J connectivity index is 1.51. The summed E-state index contributed by atoms with van der Waals surface area (Å²) < 4.78 is 6.08. The summed E-state index contributed by atoms with van der Waals surface area (Å²) in [7, 11) is 2.10. The largest absolute Gasteiger partial charge is 0.439 e. The van der Waals surface area contributed by atoms with Crippen molar-refractivity contribution in [1.82, 2.24) is 14.8 Å². The third-order valence-electron chi connectivity index (χ3n) is 5.95. The first-order valence-electron chi connectivity index (χ1n) is 10.1. The molecule has 6 nitrogen and oxygen atoms in total. The first-order chi connectivity index (χ1) is 14.7. The lowest BCUT2D eigenvalue weighted by molar-refractivity contribution is 0.561. The third-order valence-corrected chi connectivity index (χ3v) is 5.95. The minimum absolute atomic E-state index is 0.0320. The van der Waals surface area contributed by atoms with Crippen LogP contribution in [-0.2, 0) is 0 Å². The molecule has 1 aromatic carbocycles. The summed E-state index contributed by atoms with van der Waals surface area (Å²) >= 11 is 0. The van der Waals surface area contributed by atoms with E-state index in [9.17, 15) is 0 Å². The lowest BCUT2D eigenvalue weighted by atomic mass is 9.70. The fourth-order valence-corrected chi connectivity index (χ4v) is 4.60. The monoisotopic (exact) mass is 393 g/mol. The molecule has 3 aromatic heterocycles. The van der Waals surface area contributed by atoms with Crippen LogP contribution in [0, 0.1) is 0 Å². The molecule has 0 unspecified atom stereocenters. The Hall–Kier alpha value is -3.74. The maximum atomic E-state index is 6.08. The van der Waals surface area contributed by atoms with Gasteiger partial charge in [0.05, 0.1) is 11.9 Å². The van der Waals surface area contributed by atoms with Crippen LogP contribution in [0.25, 0.3) is 23.3 Å². The van der Waals surface area contributed by atoms with Crippen molar-refractivity contribution in [2.24, 2.45) is 0 Å². The molecule has 7 heteroatoms. The molecule has 0 aliphatic carbocycles. The summed E-state index contributed by atoms with van der Waals surface area (Å²) in [6.45, 7) is 2.18. The van der Waals surface area contributed by atoms with Crippen molar-refractivity contribution >= 4 is 47.5 Å². The predicted molar refractivity (Wildman–Crippen MR) is 120 cm³/mol. The highest BCUT2D eigenvalue weighted by atomic mass is 16.3. The second kappa shape index (κ2) is 6.39. The van der Waals surface area contributed by atoms with Gasteiger partial charge in [-0.05, 0) is 56.3 Å². The van der Waals surface area contributed by atoms with Gasteiger partial charge in [0.2, 0.25) is 5.71 Å². The number of aromatic nitrogens is 2. The van der Waals surface area contributed by atoms with Crippen molar-refractivity contribution in [3.8, 4) is 0 Å². The second-order valence-electron chi connectivity index (χ2n) is 7.70. The highest BCUT2D eigenvalue weighted by Crippen LogP contribution is 2.43. The minimum atomic E-state index is -0.0320. The van der Waals surface area contributed by atoms with Gasteiger partial charge >= 0.3 is 6.98 Å². The van der Waals surface area contributed by atoms with Crippen molar-refractivity contribution in [3.05, 3.63) is 77.6 Å². The molecular weight excluding hydrogens is 373 g/mol. The maximum Gasteiger partial charge on any atom is 0.409 e. The van der Waals surface area contributed by atoms with Crippen molar-refractivity contribution in [1.29, 1.82) is 0 Å². The molecule has 2 aliphatic rings. The highest BCUT2D eigenvalue weighted by Gasteiger charge is 2.42. The average molecular weight is 393 g/mol. The molecule has 4 aromatic rings. The Morgan fingerprint density at radius 3 is 2.63 bits per heavy atom. The third kappa shape index (κ3) is 2.38. The number of hydrogen-bond acceptors (Lipinski definition) is 6. The summed E-state index contributed by atoms with van der Waals surface area (Å²) in [5.74, 6) is 3.13. The SMILES string of the molecule is C[C@@H]1N(B2C=c3oc4ncccc4c3=CN2C)c2ncccc2N1c1ccccc1. The van der Waals surface area contributed by atoms with Gasteiger partial charge in [-0.1, -0.05) is 18.2 Å². The molecule has 0 saturated heterocycles.